The maximum Gasteiger partial charge on any atom is 0.278 e. The van der Waals surface area contributed by atoms with E-state index < -0.39 is 12.5 Å². The number of hydrogen-bond acceptors (Lipinski definition) is 7. The van der Waals surface area contributed by atoms with Crippen molar-refractivity contribution in [2.75, 3.05) is 20.3 Å². The molecule has 0 spiro atoms. The molecule has 1 saturated heterocycles. The van der Waals surface area contributed by atoms with E-state index >= 15 is 0 Å². The highest BCUT2D eigenvalue weighted by atomic mass is 35.5. The fraction of sp³-hybridized carbons (Fsp3) is 0.136. The molecule has 1 aliphatic heterocycles. The Hall–Kier alpha value is -2.85. The number of carbonyl (C=O) groups is 2. The molecule has 0 bridgehead atoms. The lowest BCUT2D eigenvalue weighted by Crippen LogP contribution is -2.32. The number of nitrogens with one attached hydrogen (secondary N) is 1. The first-order valence-corrected chi connectivity index (χ1v) is 11.5. The number of benzene rings is 2. The van der Waals surface area contributed by atoms with Crippen LogP contribution in [0, 0.1) is 0 Å². The number of phenols is 1. The summed E-state index contributed by atoms with van der Waals surface area (Å²) in [7, 11) is 1.43. The van der Waals surface area contributed by atoms with Gasteiger partial charge in [-0.2, -0.15) is 0 Å². The minimum absolute atomic E-state index is 0.0160. The summed E-state index contributed by atoms with van der Waals surface area (Å²) in [6.07, 6.45) is 3.17. The van der Waals surface area contributed by atoms with Crippen LogP contribution in [0.5, 0.6) is 17.2 Å². The topological polar surface area (TPSA) is 100 Å². The number of amides is 2. The maximum absolute atomic E-state index is 12.8. The normalized spacial score (nSPS) is 15.6. The molecule has 1 heterocycles. The highest BCUT2D eigenvalue weighted by Gasteiger charge is 2.33. The highest BCUT2D eigenvalue weighted by molar-refractivity contribution is 8.18. The number of halogens is 3. The number of methoxy groups -OCH3 is 1. The molecule has 0 unspecified atom stereocenters. The fourth-order valence-corrected chi connectivity index (χ4v) is 4.26. The first kappa shape index (κ1) is 25.8. The number of phenolic OH excluding ortho intramolecular Hbond substituents is 1. The van der Waals surface area contributed by atoms with E-state index in [-0.39, 0.29) is 49.9 Å². The Kier molecular flexibility index (Phi) is 8.73. The van der Waals surface area contributed by atoms with Gasteiger partial charge in [0.05, 0.1) is 27.1 Å². The maximum atomic E-state index is 12.8. The largest absolute Gasteiger partial charge is 0.504 e. The van der Waals surface area contributed by atoms with Crippen LogP contribution in [0.2, 0.25) is 15.1 Å². The van der Waals surface area contributed by atoms with E-state index in [1.54, 1.807) is 18.2 Å². The predicted octanol–water partition coefficient (Wildman–Crippen LogP) is 4.93. The minimum Gasteiger partial charge on any atom is -0.504 e. The fourth-order valence-electron chi connectivity index (χ4n) is 2.72. The minimum atomic E-state index is -0.582. The number of aromatic hydroxyl groups is 1. The van der Waals surface area contributed by atoms with E-state index in [9.17, 15) is 14.7 Å². The quantitative estimate of drug-likeness (QED) is 0.212. The molecule has 12 heteroatoms. The second-order valence-corrected chi connectivity index (χ2v) is 8.89. The monoisotopic (exact) mass is 541 g/mol. The molecule has 2 aromatic rings. The summed E-state index contributed by atoms with van der Waals surface area (Å²) in [6.45, 7) is 3.44. The van der Waals surface area contributed by atoms with Crippen LogP contribution >= 0.6 is 46.6 Å². The SMILES string of the molecule is C=CCN1C(=O)/C(=C/c2ccc(O)c(OC)c2)S/C1=N/NC(=O)COc1cc(Cl)c(Cl)cc1Cl. The number of hydrogen-bond donors (Lipinski definition) is 2. The van der Waals surface area contributed by atoms with Gasteiger partial charge in [0.1, 0.15) is 5.75 Å². The Morgan fingerprint density at radius 2 is 1.94 bits per heavy atom. The molecule has 0 aliphatic carbocycles. The molecule has 178 valence electrons. The van der Waals surface area contributed by atoms with Gasteiger partial charge in [0.2, 0.25) is 0 Å². The van der Waals surface area contributed by atoms with E-state index in [1.165, 1.54) is 36.3 Å². The molecule has 8 nitrogen and oxygen atoms in total. The van der Waals surface area contributed by atoms with E-state index in [0.29, 0.717) is 10.5 Å². The molecular formula is C22H18Cl3N3O5S. The third-order valence-electron chi connectivity index (χ3n) is 4.31. The van der Waals surface area contributed by atoms with Crippen LogP contribution in [0.1, 0.15) is 5.56 Å². The molecule has 2 N–H and O–H groups in total. The second kappa shape index (κ2) is 11.5. The summed E-state index contributed by atoms with van der Waals surface area (Å²) in [5.74, 6) is -0.452. The molecule has 2 amide bonds. The Morgan fingerprint density at radius 3 is 2.65 bits per heavy atom. The summed E-state index contributed by atoms with van der Waals surface area (Å²) in [4.78, 5) is 26.8. The highest BCUT2D eigenvalue weighted by Crippen LogP contribution is 2.35. The van der Waals surface area contributed by atoms with Crippen molar-refractivity contribution in [3.63, 3.8) is 0 Å². The van der Waals surface area contributed by atoms with Crippen LogP contribution in [0.25, 0.3) is 6.08 Å². The van der Waals surface area contributed by atoms with Crippen LogP contribution in [0.3, 0.4) is 0 Å². The predicted molar refractivity (Wildman–Crippen MR) is 135 cm³/mol. The molecule has 1 fully saturated rings. The van der Waals surface area contributed by atoms with Crippen molar-refractivity contribution in [1.82, 2.24) is 10.3 Å². The number of nitrogens with zero attached hydrogens (tertiary/aromatic N) is 2. The van der Waals surface area contributed by atoms with E-state index in [2.05, 4.69) is 17.1 Å². The third kappa shape index (κ3) is 6.18. The number of amidine groups is 1. The molecule has 0 radical (unpaired) electrons. The van der Waals surface area contributed by atoms with Gasteiger partial charge in [-0.3, -0.25) is 14.5 Å². The third-order valence-corrected chi connectivity index (χ3v) is 6.34. The molecule has 0 saturated carbocycles. The van der Waals surface area contributed by atoms with Gasteiger partial charge in [0.15, 0.2) is 23.3 Å². The van der Waals surface area contributed by atoms with Crippen molar-refractivity contribution in [2.24, 2.45) is 5.10 Å². The zero-order valence-electron chi connectivity index (χ0n) is 17.7. The van der Waals surface area contributed by atoms with Crippen molar-refractivity contribution in [3.05, 3.63) is 68.5 Å². The van der Waals surface area contributed by atoms with Crippen LogP contribution in [0.4, 0.5) is 0 Å². The lowest BCUT2D eigenvalue weighted by Gasteiger charge is -2.12. The average molecular weight is 543 g/mol. The lowest BCUT2D eigenvalue weighted by atomic mass is 10.2. The zero-order valence-corrected chi connectivity index (χ0v) is 20.8. The summed E-state index contributed by atoms with van der Waals surface area (Å²) in [5, 5.41) is 14.7. The Bertz CT molecular complexity index is 1200. The summed E-state index contributed by atoms with van der Waals surface area (Å²) < 4.78 is 10.5. The van der Waals surface area contributed by atoms with E-state index in [4.69, 9.17) is 44.3 Å². The van der Waals surface area contributed by atoms with Crippen molar-refractivity contribution in [2.45, 2.75) is 0 Å². The lowest BCUT2D eigenvalue weighted by molar-refractivity contribution is -0.123. The van der Waals surface area contributed by atoms with Gasteiger partial charge in [0.25, 0.3) is 11.8 Å². The average Bonchev–Trinajstić information content (AvgIpc) is 3.09. The van der Waals surface area contributed by atoms with Gasteiger partial charge in [-0.1, -0.05) is 46.9 Å². The molecular weight excluding hydrogens is 525 g/mol. The number of carbonyl (C=O) groups excluding carboxylic acids is 2. The summed E-state index contributed by atoms with van der Waals surface area (Å²) in [6, 6.07) is 7.50. The summed E-state index contributed by atoms with van der Waals surface area (Å²) in [5.41, 5.74) is 2.99. The standard InChI is InChI=1S/C22H18Cl3N3O5S/c1-3-6-28-21(31)19(8-12-4-5-16(29)18(7-12)32-2)34-22(28)27-26-20(30)11-33-17-10-14(24)13(23)9-15(17)25/h3-5,7-10,29H,1,6,11H2,2H3,(H,26,30)/b19-8-,27-22+. The van der Waals surface area contributed by atoms with Crippen molar-refractivity contribution in [1.29, 1.82) is 0 Å². The van der Waals surface area contributed by atoms with Crippen molar-refractivity contribution in [3.8, 4) is 17.2 Å². The van der Waals surface area contributed by atoms with E-state index in [0.717, 1.165) is 11.8 Å². The Labute approximate surface area is 214 Å². The van der Waals surface area contributed by atoms with Crippen LogP contribution in [-0.4, -0.2) is 47.2 Å². The molecule has 3 rings (SSSR count). The second-order valence-electron chi connectivity index (χ2n) is 6.66. The van der Waals surface area contributed by atoms with Gasteiger partial charge in [-0.15, -0.1) is 11.7 Å². The molecule has 0 aromatic heterocycles. The molecule has 1 aliphatic rings. The Morgan fingerprint density at radius 1 is 1.21 bits per heavy atom. The first-order valence-electron chi connectivity index (χ1n) is 9.56. The molecule has 34 heavy (non-hydrogen) atoms. The molecule has 2 aromatic carbocycles. The van der Waals surface area contributed by atoms with E-state index in [1.807, 2.05) is 0 Å². The van der Waals surface area contributed by atoms with Crippen molar-refractivity contribution >= 4 is 69.6 Å². The Balaban J connectivity index is 1.71. The van der Waals surface area contributed by atoms with Gasteiger partial charge >= 0.3 is 0 Å². The first-order chi connectivity index (χ1) is 16.2. The number of rotatable bonds is 8. The van der Waals surface area contributed by atoms with Gasteiger partial charge in [-0.05, 0) is 41.6 Å². The van der Waals surface area contributed by atoms with Crippen LogP contribution < -0.4 is 14.9 Å². The zero-order chi connectivity index (χ0) is 24.8. The van der Waals surface area contributed by atoms with Gasteiger partial charge in [0, 0.05) is 12.6 Å². The number of thioether (sulfide) groups is 1. The van der Waals surface area contributed by atoms with Gasteiger partial charge < -0.3 is 14.6 Å². The van der Waals surface area contributed by atoms with Crippen LogP contribution in [-0.2, 0) is 9.59 Å². The number of ether oxygens (including phenoxy) is 2. The smallest absolute Gasteiger partial charge is 0.278 e. The summed E-state index contributed by atoms with van der Waals surface area (Å²) >= 11 is 18.9. The van der Waals surface area contributed by atoms with Gasteiger partial charge in [-0.25, -0.2) is 5.43 Å². The van der Waals surface area contributed by atoms with Crippen molar-refractivity contribution < 1.29 is 24.2 Å². The van der Waals surface area contributed by atoms with Crippen LogP contribution in [0.15, 0.2) is 53.0 Å². The molecule has 0 atom stereocenters. The number of hydrazone groups is 1.